The summed E-state index contributed by atoms with van der Waals surface area (Å²) in [4.78, 5) is 12.8. The molecule has 0 aromatic heterocycles. The van der Waals surface area contributed by atoms with Crippen molar-refractivity contribution in [3.05, 3.63) is 85.1 Å². The molecule has 0 radical (unpaired) electrons. The molecule has 1 heterocycles. The second kappa shape index (κ2) is 41.7. The highest BCUT2D eigenvalue weighted by molar-refractivity contribution is 5.69. The molecule has 9 nitrogen and oxygen atoms in total. The molecule has 1 fully saturated rings. The summed E-state index contributed by atoms with van der Waals surface area (Å²) in [5, 5.41) is 40.2. The maximum absolute atomic E-state index is 12.8. The molecule has 4 N–H and O–H groups in total. The summed E-state index contributed by atoms with van der Waals surface area (Å²) in [7, 11) is 0. The number of unbranched alkanes of at least 4 members (excludes halogenated alkanes) is 14. The van der Waals surface area contributed by atoms with Gasteiger partial charge in [0, 0.05) is 13.0 Å². The van der Waals surface area contributed by atoms with E-state index in [4.69, 9.17) is 18.9 Å². The molecule has 0 aromatic carbocycles. The molecule has 0 aromatic rings. The van der Waals surface area contributed by atoms with Crippen LogP contribution in [0.5, 0.6) is 0 Å². The fraction of sp³-hybridized carbons (Fsp3) is 0.706. The zero-order valence-corrected chi connectivity index (χ0v) is 37.7. The maximum Gasteiger partial charge on any atom is 0.306 e. The van der Waals surface area contributed by atoms with Gasteiger partial charge in [0.05, 0.1) is 19.8 Å². The molecule has 0 spiro atoms. The highest BCUT2D eigenvalue weighted by Gasteiger charge is 2.44. The van der Waals surface area contributed by atoms with Crippen molar-refractivity contribution in [1.82, 2.24) is 0 Å². The van der Waals surface area contributed by atoms with E-state index in [0.29, 0.717) is 6.61 Å². The number of hydrogen-bond donors (Lipinski definition) is 4. The zero-order valence-electron chi connectivity index (χ0n) is 37.7. The molecule has 1 aliphatic rings. The van der Waals surface area contributed by atoms with Gasteiger partial charge in [0.25, 0.3) is 0 Å². The molecule has 60 heavy (non-hydrogen) atoms. The lowest BCUT2D eigenvalue weighted by Gasteiger charge is -2.39. The minimum Gasteiger partial charge on any atom is -0.457 e. The largest absolute Gasteiger partial charge is 0.457 e. The quantitative estimate of drug-likeness (QED) is 0.0271. The summed E-state index contributed by atoms with van der Waals surface area (Å²) in [6.07, 6.45) is 48.9. The smallest absolute Gasteiger partial charge is 0.306 e. The average Bonchev–Trinajstić information content (AvgIpc) is 3.25. The van der Waals surface area contributed by atoms with Crippen molar-refractivity contribution in [2.24, 2.45) is 0 Å². The van der Waals surface area contributed by atoms with Crippen molar-refractivity contribution in [2.45, 2.75) is 205 Å². The van der Waals surface area contributed by atoms with E-state index in [1.807, 2.05) is 0 Å². The van der Waals surface area contributed by atoms with E-state index in [0.717, 1.165) is 103 Å². The van der Waals surface area contributed by atoms with Crippen molar-refractivity contribution in [3.63, 3.8) is 0 Å². The number of aliphatic hydroxyl groups excluding tert-OH is 4. The molecule has 0 aliphatic carbocycles. The molecule has 6 atom stereocenters. The first-order valence-corrected chi connectivity index (χ1v) is 23.7. The van der Waals surface area contributed by atoms with Crippen LogP contribution in [0.4, 0.5) is 0 Å². The zero-order chi connectivity index (χ0) is 43.6. The number of carbonyl (C=O) groups is 1. The summed E-state index contributed by atoms with van der Waals surface area (Å²) >= 11 is 0. The third kappa shape index (κ3) is 32.1. The van der Waals surface area contributed by atoms with Crippen LogP contribution >= 0.6 is 0 Å². The molecule has 9 heteroatoms. The molecule has 0 saturated carbocycles. The summed E-state index contributed by atoms with van der Waals surface area (Å²) < 4.78 is 22.8. The Kier molecular flexibility index (Phi) is 38.5. The second-order valence-electron chi connectivity index (χ2n) is 15.8. The molecule has 1 rings (SSSR count). The highest BCUT2D eigenvalue weighted by atomic mass is 16.7. The highest BCUT2D eigenvalue weighted by Crippen LogP contribution is 2.22. The van der Waals surface area contributed by atoms with Gasteiger partial charge < -0.3 is 39.4 Å². The molecule has 344 valence electrons. The minimum atomic E-state index is -1.55. The third-order valence-corrected chi connectivity index (χ3v) is 10.3. The van der Waals surface area contributed by atoms with Crippen LogP contribution in [-0.2, 0) is 23.7 Å². The lowest BCUT2D eigenvalue weighted by molar-refractivity contribution is -0.305. The lowest BCUT2D eigenvalue weighted by Crippen LogP contribution is -2.59. The monoisotopic (exact) mass is 843 g/mol. The first-order valence-electron chi connectivity index (χ1n) is 23.7. The van der Waals surface area contributed by atoms with Gasteiger partial charge >= 0.3 is 5.97 Å². The SMILES string of the molecule is CC/C=C\C/C=C\C/C=C\C/C=C\C/C=C\CCCCCCCC(=O)OC(COCCCCCCCC/C=C\C/C=C\CCCCC)COC1OC(CO)C(O)C(O)C1O. The standard InChI is InChI=1S/C51H86O9/c1-3-5-7-9-11-13-15-17-19-21-22-23-24-25-26-28-30-32-34-36-38-40-47(53)59-45(44-58-51-50(56)49(55)48(54)46(42-52)60-51)43-57-41-39-37-35-33-31-29-27-20-18-16-14-12-10-8-6-4-2/h5,7,11-14,17-20,22-23,25-26,45-46,48-52,54-56H,3-4,6,8-10,15-16,21,24,27-44H2,1-2H3/b7-5-,13-11-,14-12-,19-17-,20-18-,23-22-,26-25-. The fourth-order valence-corrected chi connectivity index (χ4v) is 6.61. The number of allylic oxidation sites excluding steroid dienone is 14. The summed E-state index contributed by atoms with van der Waals surface area (Å²) in [5.41, 5.74) is 0. The third-order valence-electron chi connectivity index (χ3n) is 10.3. The molecular weight excluding hydrogens is 757 g/mol. The van der Waals surface area contributed by atoms with Gasteiger partial charge in [0.1, 0.15) is 30.5 Å². The molecule has 6 unspecified atom stereocenters. The van der Waals surface area contributed by atoms with E-state index in [9.17, 15) is 25.2 Å². The maximum atomic E-state index is 12.8. The molecule has 0 amide bonds. The van der Waals surface area contributed by atoms with Crippen LogP contribution in [0.15, 0.2) is 85.1 Å². The number of carbonyl (C=O) groups excluding carboxylic acids is 1. The average molecular weight is 843 g/mol. The van der Waals surface area contributed by atoms with Crippen molar-refractivity contribution in [3.8, 4) is 0 Å². The van der Waals surface area contributed by atoms with Gasteiger partial charge in [-0.3, -0.25) is 4.79 Å². The van der Waals surface area contributed by atoms with Crippen LogP contribution in [0.3, 0.4) is 0 Å². The van der Waals surface area contributed by atoms with E-state index in [1.165, 1.54) is 44.9 Å². The van der Waals surface area contributed by atoms with E-state index >= 15 is 0 Å². The first-order chi connectivity index (χ1) is 29.4. The van der Waals surface area contributed by atoms with Crippen LogP contribution < -0.4 is 0 Å². The van der Waals surface area contributed by atoms with E-state index < -0.39 is 43.4 Å². The number of aliphatic hydroxyl groups is 4. The van der Waals surface area contributed by atoms with Crippen LogP contribution in [0, 0.1) is 0 Å². The summed E-state index contributed by atoms with van der Waals surface area (Å²) in [5.74, 6) is -0.339. The predicted octanol–water partition coefficient (Wildman–Crippen LogP) is 11.0. The molecule has 0 bridgehead atoms. The molecule has 1 aliphatic heterocycles. The van der Waals surface area contributed by atoms with Crippen molar-refractivity contribution in [2.75, 3.05) is 26.4 Å². The number of esters is 1. The van der Waals surface area contributed by atoms with E-state index in [2.05, 4.69) is 98.9 Å². The van der Waals surface area contributed by atoms with Crippen LogP contribution in [0.1, 0.15) is 168 Å². The Hall–Kier alpha value is -2.63. The topological polar surface area (TPSA) is 135 Å². The van der Waals surface area contributed by atoms with Crippen molar-refractivity contribution in [1.29, 1.82) is 0 Å². The Morgan fingerprint density at radius 2 is 1.02 bits per heavy atom. The van der Waals surface area contributed by atoms with Gasteiger partial charge in [0.15, 0.2) is 6.29 Å². The number of rotatable bonds is 39. The Labute approximate surface area is 365 Å². The Bertz CT molecular complexity index is 1190. The van der Waals surface area contributed by atoms with Gasteiger partial charge in [-0.15, -0.1) is 0 Å². The predicted molar refractivity (Wildman–Crippen MR) is 247 cm³/mol. The second-order valence-corrected chi connectivity index (χ2v) is 15.8. The normalized spacial score (nSPS) is 20.8. The number of hydrogen-bond acceptors (Lipinski definition) is 9. The van der Waals surface area contributed by atoms with E-state index in [1.54, 1.807) is 0 Å². The Balaban J connectivity index is 2.28. The Morgan fingerprint density at radius 3 is 1.53 bits per heavy atom. The van der Waals surface area contributed by atoms with Gasteiger partial charge in [-0.25, -0.2) is 0 Å². The summed E-state index contributed by atoms with van der Waals surface area (Å²) in [6, 6.07) is 0. The van der Waals surface area contributed by atoms with Gasteiger partial charge in [-0.05, 0) is 89.9 Å². The van der Waals surface area contributed by atoms with Crippen molar-refractivity contribution < 1.29 is 44.2 Å². The van der Waals surface area contributed by atoms with E-state index in [-0.39, 0.29) is 25.6 Å². The Morgan fingerprint density at radius 1 is 0.550 bits per heavy atom. The van der Waals surface area contributed by atoms with Gasteiger partial charge in [-0.2, -0.15) is 0 Å². The van der Waals surface area contributed by atoms with Gasteiger partial charge in [-0.1, -0.05) is 157 Å². The van der Waals surface area contributed by atoms with Crippen molar-refractivity contribution >= 4 is 5.97 Å². The summed E-state index contributed by atoms with van der Waals surface area (Å²) in [6.45, 7) is 4.36. The first kappa shape index (κ1) is 55.4. The van der Waals surface area contributed by atoms with Crippen LogP contribution in [-0.4, -0.2) is 89.6 Å². The fourth-order valence-electron chi connectivity index (χ4n) is 6.61. The lowest BCUT2D eigenvalue weighted by atomic mass is 9.99. The number of ether oxygens (including phenoxy) is 4. The van der Waals surface area contributed by atoms with Crippen LogP contribution in [0.25, 0.3) is 0 Å². The minimum absolute atomic E-state index is 0.124. The molecule has 1 saturated heterocycles. The van der Waals surface area contributed by atoms with Crippen LogP contribution in [0.2, 0.25) is 0 Å². The van der Waals surface area contributed by atoms with Gasteiger partial charge in [0.2, 0.25) is 0 Å². The molecular formula is C51H86O9.